The number of aliphatic hydroxyl groups is 1. The summed E-state index contributed by atoms with van der Waals surface area (Å²) in [5.41, 5.74) is 4.78. The maximum absolute atomic E-state index is 13.3. The van der Waals surface area contributed by atoms with Crippen LogP contribution in [0.5, 0.6) is 0 Å². The topological polar surface area (TPSA) is 66.6 Å². The van der Waals surface area contributed by atoms with Gasteiger partial charge in [0, 0.05) is 29.2 Å². The zero-order valence-electron chi connectivity index (χ0n) is 19.1. The van der Waals surface area contributed by atoms with Gasteiger partial charge in [0.1, 0.15) is 0 Å². The van der Waals surface area contributed by atoms with Crippen LogP contribution in [0.1, 0.15) is 22.3 Å². The lowest BCUT2D eigenvalue weighted by molar-refractivity contribution is -0.136. The lowest BCUT2D eigenvalue weighted by atomic mass is 9.85. The third kappa shape index (κ3) is 4.50. The van der Waals surface area contributed by atoms with Crippen molar-refractivity contribution in [1.29, 1.82) is 0 Å². The van der Waals surface area contributed by atoms with E-state index < -0.39 is 11.5 Å². The molecule has 0 saturated carbocycles. The van der Waals surface area contributed by atoms with Gasteiger partial charge in [0.25, 0.3) is 5.91 Å². The Morgan fingerprint density at radius 3 is 1.97 bits per heavy atom. The molecule has 2 N–H and O–H groups in total. The summed E-state index contributed by atoms with van der Waals surface area (Å²) in [6.45, 7) is 0.726. The number of aromatic nitrogens is 1. The first-order valence-corrected chi connectivity index (χ1v) is 11.4. The maximum Gasteiger partial charge on any atom is 0.281 e. The minimum atomic E-state index is -1.87. The van der Waals surface area contributed by atoms with E-state index in [1.807, 2.05) is 54.7 Å². The summed E-state index contributed by atoms with van der Waals surface area (Å²) in [7, 11) is 0. The van der Waals surface area contributed by atoms with Gasteiger partial charge in [-0.05, 0) is 22.8 Å². The molecule has 5 nitrogen and oxygen atoms in total. The molecule has 0 radical (unpaired) electrons. The summed E-state index contributed by atoms with van der Waals surface area (Å²) in [6, 6.07) is 36.1. The molecule has 1 aromatic heterocycles. The first kappa shape index (κ1) is 22.3. The Kier molecular flexibility index (Phi) is 6.24. The predicted molar refractivity (Wildman–Crippen MR) is 139 cm³/mol. The SMILES string of the molecule is O=C(NN=Cc1cn(Cc2ccccc2)c2ccccc12)C(O)(c1ccccc1)c1ccccc1. The van der Waals surface area contributed by atoms with Gasteiger partial charge < -0.3 is 9.67 Å². The van der Waals surface area contributed by atoms with Gasteiger partial charge in [-0.2, -0.15) is 5.10 Å². The molecule has 172 valence electrons. The maximum atomic E-state index is 13.3. The summed E-state index contributed by atoms with van der Waals surface area (Å²) >= 11 is 0. The fraction of sp³-hybridized carbons (Fsp3) is 0.0667. The van der Waals surface area contributed by atoms with Crippen molar-refractivity contribution in [2.45, 2.75) is 12.1 Å². The molecule has 0 fully saturated rings. The Hall–Kier alpha value is -4.48. The molecule has 0 aliphatic carbocycles. The number of hydrazone groups is 1. The summed E-state index contributed by atoms with van der Waals surface area (Å²) in [5.74, 6) is -0.626. The Morgan fingerprint density at radius 2 is 1.34 bits per heavy atom. The standard InChI is InChI=1S/C30H25N3O2/c34-29(30(35,25-14-6-2-7-15-25)26-16-8-3-9-17-26)32-31-20-24-22-33(21-23-12-4-1-5-13-23)28-19-11-10-18-27(24)28/h1-20,22,35H,21H2,(H,32,34). The summed E-state index contributed by atoms with van der Waals surface area (Å²) < 4.78 is 2.16. The van der Waals surface area contributed by atoms with Crippen LogP contribution in [0.3, 0.4) is 0 Å². The second-order valence-electron chi connectivity index (χ2n) is 8.36. The Balaban J connectivity index is 1.43. The quantitative estimate of drug-likeness (QED) is 0.263. The van der Waals surface area contributed by atoms with Crippen molar-refractivity contribution in [1.82, 2.24) is 9.99 Å². The van der Waals surface area contributed by atoms with E-state index in [1.54, 1.807) is 54.7 Å². The molecule has 0 bridgehead atoms. The number of carbonyl (C=O) groups excluding carboxylic acids is 1. The molecule has 1 amide bonds. The normalized spacial score (nSPS) is 11.7. The van der Waals surface area contributed by atoms with Crippen LogP contribution in [0, 0.1) is 0 Å². The van der Waals surface area contributed by atoms with Crippen molar-refractivity contribution in [3.8, 4) is 0 Å². The highest BCUT2D eigenvalue weighted by Gasteiger charge is 2.39. The monoisotopic (exact) mass is 459 g/mol. The smallest absolute Gasteiger partial charge is 0.281 e. The van der Waals surface area contributed by atoms with E-state index >= 15 is 0 Å². The fourth-order valence-electron chi connectivity index (χ4n) is 4.32. The van der Waals surface area contributed by atoms with E-state index in [1.165, 1.54) is 5.56 Å². The molecular formula is C30H25N3O2. The average molecular weight is 460 g/mol. The zero-order valence-corrected chi connectivity index (χ0v) is 19.1. The molecule has 5 rings (SSSR count). The molecule has 35 heavy (non-hydrogen) atoms. The summed E-state index contributed by atoms with van der Waals surface area (Å²) in [6.07, 6.45) is 3.64. The molecular weight excluding hydrogens is 434 g/mol. The van der Waals surface area contributed by atoms with Crippen molar-refractivity contribution in [3.63, 3.8) is 0 Å². The third-order valence-electron chi connectivity index (χ3n) is 6.10. The van der Waals surface area contributed by atoms with Crippen LogP contribution in [0.15, 0.2) is 127 Å². The highest BCUT2D eigenvalue weighted by Crippen LogP contribution is 2.30. The number of benzene rings is 4. The van der Waals surface area contributed by atoms with Crippen molar-refractivity contribution in [3.05, 3.63) is 144 Å². The van der Waals surface area contributed by atoms with E-state index in [4.69, 9.17) is 0 Å². The van der Waals surface area contributed by atoms with Crippen molar-refractivity contribution in [2.75, 3.05) is 0 Å². The number of nitrogens with one attached hydrogen (secondary N) is 1. The van der Waals surface area contributed by atoms with Crippen molar-refractivity contribution >= 4 is 23.0 Å². The van der Waals surface area contributed by atoms with Crippen LogP contribution >= 0.6 is 0 Å². The Bertz CT molecular complexity index is 1420. The Labute approximate surface area is 204 Å². The minimum absolute atomic E-state index is 0.471. The molecule has 0 aliphatic heterocycles. The van der Waals surface area contributed by atoms with Gasteiger partial charge in [0.05, 0.1) is 6.21 Å². The number of hydrogen-bond acceptors (Lipinski definition) is 3. The fourth-order valence-corrected chi connectivity index (χ4v) is 4.32. The van der Waals surface area contributed by atoms with E-state index in [9.17, 15) is 9.90 Å². The van der Waals surface area contributed by atoms with Gasteiger partial charge in [-0.1, -0.05) is 109 Å². The second-order valence-corrected chi connectivity index (χ2v) is 8.36. The van der Waals surface area contributed by atoms with Crippen LogP contribution in [-0.4, -0.2) is 21.8 Å². The molecule has 0 atom stereocenters. The average Bonchev–Trinajstić information content (AvgIpc) is 3.27. The molecule has 5 aromatic rings. The Morgan fingerprint density at radius 1 is 0.800 bits per heavy atom. The van der Waals surface area contributed by atoms with Crippen LogP contribution < -0.4 is 5.43 Å². The van der Waals surface area contributed by atoms with Crippen molar-refractivity contribution in [2.24, 2.45) is 5.10 Å². The molecule has 0 aliphatic rings. The van der Waals surface area contributed by atoms with Crippen molar-refractivity contribution < 1.29 is 9.90 Å². The first-order valence-electron chi connectivity index (χ1n) is 11.4. The third-order valence-corrected chi connectivity index (χ3v) is 6.10. The van der Waals surface area contributed by atoms with E-state index in [-0.39, 0.29) is 0 Å². The largest absolute Gasteiger partial charge is 0.372 e. The van der Waals surface area contributed by atoms with Gasteiger partial charge in [-0.15, -0.1) is 0 Å². The van der Waals surface area contributed by atoms with Crippen LogP contribution in [0.4, 0.5) is 0 Å². The number of para-hydroxylation sites is 1. The van der Waals surface area contributed by atoms with E-state index in [0.717, 1.165) is 23.0 Å². The lowest BCUT2D eigenvalue weighted by Gasteiger charge is -2.27. The van der Waals surface area contributed by atoms with Gasteiger partial charge in [-0.3, -0.25) is 4.79 Å². The molecule has 0 saturated heterocycles. The van der Waals surface area contributed by atoms with Gasteiger partial charge in [0.2, 0.25) is 0 Å². The van der Waals surface area contributed by atoms with Crippen LogP contribution in [0.25, 0.3) is 10.9 Å². The second kappa shape index (κ2) is 9.79. The highest BCUT2D eigenvalue weighted by molar-refractivity contribution is 6.00. The summed E-state index contributed by atoms with van der Waals surface area (Å²) in [4.78, 5) is 13.3. The zero-order chi connectivity index (χ0) is 24.1. The predicted octanol–water partition coefficient (Wildman–Crippen LogP) is 5.08. The molecule has 1 heterocycles. The molecule has 0 spiro atoms. The van der Waals surface area contributed by atoms with E-state index in [2.05, 4.69) is 33.3 Å². The summed E-state index contributed by atoms with van der Waals surface area (Å²) in [5, 5.41) is 16.8. The van der Waals surface area contributed by atoms with Gasteiger partial charge in [-0.25, -0.2) is 5.43 Å². The van der Waals surface area contributed by atoms with Gasteiger partial charge >= 0.3 is 0 Å². The number of nitrogens with zero attached hydrogens (tertiary/aromatic N) is 2. The van der Waals surface area contributed by atoms with Gasteiger partial charge in [0.15, 0.2) is 5.60 Å². The molecule has 0 unspecified atom stereocenters. The number of carbonyl (C=O) groups is 1. The number of fused-ring (bicyclic) bond motifs is 1. The number of amides is 1. The lowest BCUT2D eigenvalue weighted by Crippen LogP contribution is -2.43. The van der Waals surface area contributed by atoms with Crippen LogP contribution in [0.2, 0.25) is 0 Å². The van der Waals surface area contributed by atoms with E-state index in [0.29, 0.717) is 11.1 Å². The minimum Gasteiger partial charge on any atom is -0.372 e. The molecule has 5 heteroatoms. The number of hydrogen-bond donors (Lipinski definition) is 2. The highest BCUT2D eigenvalue weighted by atomic mass is 16.3. The van der Waals surface area contributed by atoms with Crippen LogP contribution in [-0.2, 0) is 16.9 Å². The number of rotatable bonds is 7. The molecule has 4 aromatic carbocycles. The first-order chi connectivity index (χ1) is 17.2.